The minimum atomic E-state index is 0.716. The van der Waals surface area contributed by atoms with Crippen molar-refractivity contribution in [2.24, 2.45) is 0 Å². The van der Waals surface area contributed by atoms with E-state index in [9.17, 15) is 0 Å². The van der Waals surface area contributed by atoms with E-state index in [-0.39, 0.29) is 0 Å². The third-order valence-corrected chi connectivity index (χ3v) is 4.40. The molecule has 0 fully saturated rings. The summed E-state index contributed by atoms with van der Waals surface area (Å²) in [6, 6.07) is 9.97. The first kappa shape index (κ1) is 18.7. The van der Waals surface area contributed by atoms with Crippen molar-refractivity contribution in [1.29, 1.82) is 0 Å². The number of fused-ring (bicyclic) bond motifs is 1. The summed E-state index contributed by atoms with van der Waals surface area (Å²) in [5, 5.41) is 2.12. The smallest absolute Gasteiger partial charge is 0.168 e. The summed E-state index contributed by atoms with van der Waals surface area (Å²) >= 11 is 5.68. The lowest BCUT2D eigenvalue weighted by atomic mass is 10.1. The second-order valence-electron chi connectivity index (χ2n) is 5.84. The molecule has 24 heavy (non-hydrogen) atoms. The van der Waals surface area contributed by atoms with Gasteiger partial charge in [-0.1, -0.05) is 31.7 Å². The van der Waals surface area contributed by atoms with Crippen molar-refractivity contribution in [3.8, 4) is 17.2 Å². The molecule has 0 aromatic heterocycles. The van der Waals surface area contributed by atoms with E-state index in [1.54, 1.807) is 14.2 Å². The number of unbranched alkanes of at least 4 members (excludes halogenated alkanes) is 5. The quantitative estimate of drug-likeness (QED) is 0.377. The van der Waals surface area contributed by atoms with Crippen molar-refractivity contribution in [3.05, 3.63) is 30.3 Å². The number of rotatable bonds is 11. The number of hydrogen-bond acceptors (Lipinski definition) is 3. The second kappa shape index (κ2) is 10.3. The molecule has 0 spiro atoms. The highest BCUT2D eigenvalue weighted by molar-refractivity contribution is 6.17. The van der Waals surface area contributed by atoms with Crippen molar-refractivity contribution in [2.45, 2.75) is 38.5 Å². The largest absolute Gasteiger partial charge is 0.497 e. The summed E-state index contributed by atoms with van der Waals surface area (Å²) in [6.45, 7) is 0.716. The third kappa shape index (κ3) is 5.20. The molecule has 0 unspecified atom stereocenters. The van der Waals surface area contributed by atoms with Crippen LogP contribution in [0, 0.1) is 0 Å². The molecule has 132 valence electrons. The Hall–Kier alpha value is -1.61. The Morgan fingerprint density at radius 1 is 0.833 bits per heavy atom. The molecule has 0 aliphatic carbocycles. The van der Waals surface area contributed by atoms with Crippen LogP contribution in [-0.2, 0) is 0 Å². The van der Waals surface area contributed by atoms with Crippen LogP contribution in [0.5, 0.6) is 17.2 Å². The van der Waals surface area contributed by atoms with Gasteiger partial charge in [-0.2, -0.15) is 0 Å². The zero-order valence-corrected chi connectivity index (χ0v) is 15.4. The van der Waals surface area contributed by atoms with Gasteiger partial charge in [0.1, 0.15) is 5.75 Å². The van der Waals surface area contributed by atoms with Gasteiger partial charge in [-0.3, -0.25) is 0 Å². The van der Waals surface area contributed by atoms with Gasteiger partial charge in [0.05, 0.1) is 20.8 Å². The number of ether oxygens (including phenoxy) is 3. The topological polar surface area (TPSA) is 27.7 Å². The van der Waals surface area contributed by atoms with E-state index in [1.165, 1.54) is 25.7 Å². The van der Waals surface area contributed by atoms with Crippen molar-refractivity contribution in [2.75, 3.05) is 26.7 Å². The van der Waals surface area contributed by atoms with Crippen LogP contribution in [0.2, 0.25) is 0 Å². The van der Waals surface area contributed by atoms with Gasteiger partial charge >= 0.3 is 0 Å². The van der Waals surface area contributed by atoms with Crippen molar-refractivity contribution >= 4 is 22.4 Å². The predicted molar refractivity (Wildman–Crippen MR) is 101 cm³/mol. The normalized spacial score (nSPS) is 10.8. The van der Waals surface area contributed by atoms with Crippen LogP contribution in [-0.4, -0.2) is 26.7 Å². The Labute approximate surface area is 149 Å². The first-order valence-corrected chi connectivity index (χ1v) is 9.17. The Bertz CT molecular complexity index is 628. The lowest BCUT2D eigenvalue weighted by Gasteiger charge is -2.13. The molecule has 0 heterocycles. The van der Waals surface area contributed by atoms with Gasteiger partial charge in [-0.15, -0.1) is 11.6 Å². The number of benzene rings is 2. The molecule has 0 saturated carbocycles. The minimum absolute atomic E-state index is 0.716. The first-order chi connectivity index (χ1) is 11.8. The molecular formula is C20H27ClO3. The Morgan fingerprint density at radius 3 is 2.29 bits per heavy atom. The summed E-state index contributed by atoms with van der Waals surface area (Å²) < 4.78 is 16.8. The number of halogens is 1. The summed E-state index contributed by atoms with van der Waals surface area (Å²) in [5.41, 5.74) is 0. The van der Waals surface area contributed by atoms with Crippen LogP contribution in [0.3, 0.4) is 0 Å². The lowest BCUT2D eigenvalue weighted by Crippen LogP contribution is -2.00. The van der Waals surface area contributed by atoms with Crippen LogP contribution in [0.25, 0.3) is 10.8 Å². The molecule has 0 saturated heterocycles. The Balaban J connectivity index is 1.89. The van der Waals surface area contributed by atoms with Gasteiger partial charge in [0, 0.05) is 11.3 Å². The SMILES string of the molecule is COc1ccc2c(OC)c(OCCCCCCCCCl)ccc2c1. The molecule has 0 amide bonds. The van der Waals surface area contributed by atoms with E-state index in [2.05, 4.69) is 0 Å². The van der Waals surface area contributed by atoms with E-state index in [0.29, 0.717) is 6.61 Å². The highest BCUT2D eigenvalue weighted by atomic mass is 35.5. The molecule has 2 rings (SSSR count). The first-order valence-electron chi connectivity index (χ1n) is 8.63. The molecule has 4 heteroatoms. The summed E-state index contributed by atoms with van der Waals surface area (Å²) in [5.74, 6) is 3.21. The zero-order valence-electron chi connectivity index (χ0n) is 14.6. The monoisotopic (exact) mass is 350 g/mol. The lowest BCUT2D eigenvalue weighted by molar-refractivity contribution is 0.286. The molecule has 0 atom stereocenters. The average Bonchev–Trinajstić information content (AvgIpc) is 2.63. The number of alkyl halides is 1. The molecule has 0 radical (unpaired) electrons. The molecule has 0 aliphatic heterocycles. The maximum Gasteiger partial charge on any atom is 0.168 e. The van der Waals surface area contributed by atoms with E-state index >= 15 is 0 Å². The summed E-state index contributed by atoms with van der Waals surface area (Å²) in [4.78, 5) is 0. The molecule has 0 aliphatic rings. The number of methoxy groups -OCH3 is 2. The van der Waals surface area contributed by atoms with Gasteiger partial charge < -0.3 is 14.2 Å². The van der Waals surface area contributed by atoms with Crippen molar-refractivity contribution in [1.82, 2.24) is 0 Å². The Kier molecular flexibility index (Phi) is 8.03. The van der Waals surface area contributed by atoms with Crippen LogP contribution in [0.1, 0.15) is 38.5 Å². The van der Waals surface area contributed by atoms with Gasteiger partial charge in [0.15, 0.2) is 11.5 Å². The van der Waals surface area contributed by atoms with Crippen molar-refractivity contribution < 1.29 is 14.2 Å². The van der Waals surface area contributed by atoms with E-state index in [0.717, 1.165) is 46.7 Å². The highest BCUT2D eigenvalue weighted by Gasteiger charge is 2.10. The summed E-state index contributed by atoms with van der Waals surface area (Å²) in [6.07, 6.45) is 7.10. The molecule has 2 aromatic carbocycles. The highest BCUT2D eigenvalue weighted by Crippen LogP contribution is 2.37. The minimum Gasteiger partial charge on any atom is -0.497 e. The van der Waals surface area contributed by atoms with Crippen LogP contribution in [0.4, 0.5) is 0 Å². The van der Waals surface area contributed by atoms with Gasteiger partial charge in [-0.05, 0) is 42.5 Å². The summed E-state index contributed by atoms with van der Waals surface area (Å²) in [7, 11) is 3.36. The third-order valence-electron chi connectivity index (χ3n) is 4.13. The fourth-order valence-corrected chi connectivity index (χ4v) is 2.99. The zero-order chi connectivity index (χ0) is 17.2. The maximum atomic E-state index is 5.94. The predicted octanol–water partition coefficient (Wildman–Crippen LogP) is 5.82. The van der Waals surface area contributed by atoms with E-state index in [1.807, 2.05) is 30.3 Å². The Morgan fingerprint density at radius 2 is 1.58 bits per heavy atom. The maximum absolute atomic E-state index is 5.94. The average molecular weight is 351 g/mol. The van der Waals surface area contributed by atoms with Crippen LogP contribution in [0.15, 0.2) is 30.3 Å². The number of hydrogen-bond donors (Lipinski definition) is 0. The molecule has 3 nitrogen and oxygen atoms in total. The molecule has 0 bridgehead atoms. The van der Waals surface area contributed by atoms with Crippen LogP contribution >= 0.6 is 11.6 Å². The molecule has 0 N–H and O–H groups in total. The fourth-order valence-electron chi connectivity index (χ4n) is 2.80. The van der Waals surface area contributed by atoms with Crippen molar-refractivity contribution in [3.63, 3.8) is 0 Å². The molecule has 2 aromatic rings. The second-order valence-corrected chi connectivity index (χ2v) is 6.22. The van der Waals surface area contributed by atoms with E-state index < -0.39 is 0 Å². The van der Waals surface area contributed by atoms with Gasteiger partial charge in [-0.25, -0.2) is 0 Å². The van der Waals surface area contributed by atoms with Crippen LogP contribution < -0.4 is 14.2 Å². The molecular weight excluding hydrogens is 324 g/mol. The van der Waals surface area contributed by atoms with E-state index in [4.69, 9.17) is 25.8 Å². The standard InChI is InChI=1S/C20H27ClO3/c1-22-17-10-11-18-16(15-17)9-12-19(20(18)23-2)24-14-8-6-4-3-5-7-13-21/h9-12,15H,3-8,13-14H2,1-2H3. The fraction of sp³-hybridized carbons (Fsp3) is 0.500. The van der Waals surface area contributed by atoms with Gasteiger partial charge in [0.2, 0.25) is 0 Å². The van der Waals surface area contributed by atoms with Gasteiger partial charge in [0.25, 0.3) is 0 Å².